The molecule has 0 aliphatic heterocycles. The van der Waals surface area contributed by atoms with Gasteiger partial charge in [-0.2, -0.15) is 0 Å². The van der Waals surface area contributed by atoms with Crippen molar-refractivity contribution in [3.63, 3.8) is 0 Å². The van der Waals surface area contributed by atoms with Crippen molar-refractivity contribution < 1.29 is 19.1 Å². The molecule has 1 amide bonds. The second-order valence-electron chi connectivity index (χ2n) is 4.37. The summed E-state index contributed by atoms with van der Waals surface area (Å²) in [6, 6.07) is 6.90. The molecule has 1 heterocycles. The molecule has 1 aromatic carbocycles. The molecule has 2 rings (SSSR count). The zero-order chi connectivity index (χ0) is 14.9. The molecule has 1 aromatic heterocycles. The quantitative estimate of drug-likeness (QED) is 0.904. The number of rotatable bonds is 3. The third kappa shape index (κ3) is 2.54. The molecule has 0 unspecified atom stereocenters. The molecule has 0 radical (unpaired) electrons. The van der Waals surface area contributed by atoms with Crippen LogP contribution in [-0.4, -0.2) is 21.6 Å². The molecule has 2 N–H and O–H groups in total. The number of halogens is 1. The van der Waals surface area contributed by atoms with Crippen LogP contribution in [-0.2, 0) is 7.05 Å². The van der Waals surface area contributed by atoms with Gasteiger partial charge in [0.05, 0.1) is 5.56 Å². The maximum absolute atomic E-state index is 13.5. The fraction of sp³-hybridized carbons (Fsp3) is 0.143. The predicted molar refractivity (Wildman–Crippen MR) is 71.5 cm³/mol. The number of hydrogen-bond donors (Lipinski definition) is 2. The van der Waals surface area contributed by atoms with E-state index >= 15 is 0 Å². The van der Waals surface area contributed by atoms with Gasteiger partial charge in [0.2, 0.25) is 0 Å². The fourth-order valence-corrected chi connectivity index (χ4v) is 1.80. The SMILES string of the molecule is Cc1ccc(C(=O)Nc2ccc(C(=O)O)c(F)c2)n1C. The van der Waals surface area contributed by atoms with E-state index in [0.29, 0.717) is 5.69 Å². The van der Waals surface area contributed by atoms with Gasteiger partial charge in [0.1, 0.15) is 11.5 Å². The predicted octanol–water partition coefficient (Wildman–Crippen LogP) is 2.42. The first-order valence-corrected chi connectivity index (χ1v) is 5.86. The van der Waals surface area contributed by atoms with Crippen molar-refractivity contribution in [3.8, 4) is 0 Å². The Labute approximate surface area is 114 Å². The summed E-state index contributed by atoms with van der Waals surface area (Å²) in [5.41, 5.74) is 1.13. The lowest BCUT2D eigenvalue weighted by Gasteiger charge is -2.08. The van der Waals surface area contributed by atoms with E-state index in [-0.39, 0.29) is 11.6 Å². The maximum Gasteiger partial charge on any atom is 0.338 e. The molecule has 0 saturated carbocycles. The Morgan fingerprint density at radius 3 is 2.45 bits per heavy atom. The summed E-state index contributed by atoms with van der Waals surface area (Å²) in [5, 5.41) is 11.3. The first kappa shape index (κ1) is 13.8. The smallest absolute Gasteiger partial charge is 0.338 e. The lowest BCUT2D eigenvalue weighted by molar-refractivity contribution is 0.0692. The van der Waals surface area contributed by atoms with E-state index in [1.807, 2.05) is 6.92 Å². The lowest BCUT2D eigenvalue weighted by Crippen LogP contribution is -2.16. The van der Waals surface area contributed by atoms with E-state index in [1.165, 1.54) is 6.07 Å². The summed E-state index contributed by atoms with van der Waals surface area (Å²) in [6.07, 6.45) is 0. The Morgan fingerprint density at radius 2 is 1.95 bits per heavy atom. The number of nitrogens with zero attached hydrogens (tertiary/aromatic N) is 1. The highest BCUT2D eigenvalue weighted by Crippen LogP contribution is 2.16. The van der Waals surface area contributed by atoms with Gasteiger partial charge in [-0.15, -0.1) is 0 Å². The minimum absolute atomic E-state index is 0.205. The summed E-state index contributed by atoms with van der Waals surface area (Å²) in [4.78, 5) is 22.7. The average Bonchev–Trinajstić information content (AvgIpc) is 2.69. The van der Waals surface area contributed by atoms with Crippen LogP contribution in [0.2, 0.25) is 0 Å². The van der Waals surface area contributed by atoms with E-state index in [9.17, 15) is 14.0 Å². The number of amides is 1. The lowest BCUT2D eigenvalue weighted by atomic mass is 10.2. The van der Waals surface area contributed by atoms with Crippen molar-refractivity contribution in [1.29, 1.82) is 0 Å². The van der Waals surface area contributed by atoms with Gasteiger partial charge in [0.15, 0.2) is 0 Å². The number of aryl methyl sites for hydroxylation is 1. The van der Waals surface area contributed by atoms with Crippen molar-refractivity contribution in [3.05, 3.63) is 53.1 Å². The number of aromatic carboxylic acids is 1. The molecule has 0 aliphatic carbocycles. The monoisotopic (exact) mass is 276 g/mol. The highest BCUT2D eigenvalue weighted by Gasteiger charge is 2.14. The Balaban J connectivity index is 2.22. The van der Waals surface area contributed by atoms with Crippen molar-refractivity contribution in [1.82, 2.24) is 4.57 Å². The van der Waals surface area contributed by atoms with Gasteiger partial charge in [-0.05, 0) is 37.3 Å². The maximum atomic E-state index is 13.5. The van der Waals surface area contributed by atoms with Gasteiger partial charge in [-0.25, -0.2) is 9.18 Å². The third-order valence-corrected chi connectivity index (χ3v) is 3.06. The molecular formula is C14H13FN2O3. The van der Waals surface area contributed by atoms with Gasteiger partial charge >= 0.3 is 5.97 Å². The Hall–Kier alpha value is -2.63. The van der Waals surface area contributed by atoms with Crippen molar-refractivity contribution in [2.75, 3.05) is 5.32 Å². The van der Waals surface area contributed by atoms with Crippen LogP contribution in [0.25, 0.3) is 0 Å². The fourth-order valence-electron chi connectivity index (χ4n) is 1.80. The number of carboxylic acids is 1. The van der Waals surface area contributed by atoms with E-state index in [2.05, 4.69) is 5.32 Å². The molecule has 0 bridgehead atoms. The molecule has 0 spiro atoms. The van der Waals surface area contributed by atoms with Gasteiger partial charge in [0, 0.05) is 18.4 Å². The minimum atomic E-state index is -1.35. The second-order valence-corrected chi connectivity index (χ2v) is 4.37. The molecule has 0 aliphatic rings. The number of anilines is 1. The number of hydrogen-bond acceptors (Lipinski definition) is 2. The van der Waals surface area contributed by atoms with Gasteiger partial charge in [-0.1, -0.05) is 0 Å². The van der Waals surface area contributed by atoms with Gasteiger partial charge in [-0.3, -0.25) is 4.79 Å². The molecule has 0 saturated heterocycles. The Morgan fingerprint density at radius 1 is 1.25 bits per heavy atom. The molecule has 0 atom stereocenters. The number of nitrogens with one attached hydrogen (secondary N) is 1. The van der Waals surface area contributed by atoms with E-state index in [4.69, 9.17) is 5.11 Å². The second kappa shape index (κ2) is 5.16. The minimum Gasteiger partial charge on any atom is -0.478 e. The van der Waals surface area contributed by atoms with Crippen molar-refractivity contribution in [2.45, 2.75) is 6.92 Å². The molecular weight excluding hydrogens is 263 g/mol. The third-order valence-electron chi connectivity index (χ3n) is 3.06. The van der Waals surface area contributed by atoms with Gasteiger partial charge in [0.25, 0.3) is 5.91 Å². The standard InChI is InChI=1S/C14H13FN2O3/c1-8-3-6-12(17(8)2)13(18)16-9-4-5-10(14(19)20)11(15)7-9/h3-7H,1-2H3,(H,16,18)(H,19,20). The summed E-state index contributed by atoms with van der Waals surface area (Å²) >= 11 is 0. The van der Waals surface area contributed by atoms with Crippen LogP contribution in [0, 0.1) is 12.7 Å². The van der Waals surface area contributed by atoms with Crippen LogP contribution in [0.5, 0.6) is 0 Å². The number of carbonyl (C=O) groups excluding carboxylic acids is 1. The summed E-state index contributed by atoms with van der Waals surface area (Å²) < 4.78 is 15.2. The van der Waals surface area contributed by atoms with Crippen molar-refractivity contribution >= 4 is 17.6 Å². The van der Waals surface area contributed by atoms with E-state index < -0.39 is 17.3 Å². The number of carboxylic acid groups (broad SMARTS) is 1. The van der Waals surface area contributed by atoms with Crippen LogP contribution in [0.1, 0.15) is 26.5 Å². The van der Waals surface area contributed by atoms with Crippen LogP contribution < -0.4 is 5.32 Å². The number of benzene rings is 1. The molecule has 0 fully saturated rings. The van der Waals surface area contributed by atoms with Crippen LogP contribution in [0.15, 0.2) is 30.3 Å². The number of aromatic nitrogens is 1. The largest absolute Gasteiger partial charge is 0.478 e. The first-order chi connectivity index (χ1) is 9.40. The van der Waals surface area contributed by atoms with Gasteiger partial charge < -0.3 is 15.0 Å². The molecule has 6 heteroatoms. The average molecular weight is 276 g/mol. The first-order valence-electron chi connectivity index (χ1n) is 5.86. The number of carbonyl (C=O) groups is 2. The zero-order valence-electron chi connectivity index (χ0n) is 11.0. The zero-order valence-corrected chi connectivity index (χ0v) is 11.0. The van der Waals surface area contributed by atoms with E-state index in [0.717, 1.165) is 17.8 Å². The Kier molecular flexibility index (Phi) is 3.56. The summed E-state index contributed by atoms with van der Waals surface area (Å²) in [5.74, 6) is -2.63. The normalized spacial score (nSPS) is 10.3. The topological polar surface area (TPSA) is 71.3 Å². The summed E-state index contributed by atoms with van der Waals surface area (Å²) in [7, 11) is 1.75. The van der Waals surface area contributed by atoms with Crippen LogP contribution in [0.3, 0.4) is 0 Å². The van der Waals surface area contributed by atoms with E-state index in [1.54, 1.807) is 23.7 Å². The molecule has 20 heavy (non-hydrogen) atoms. The van der Waals surface area contributed by atoms with Crippen LogP contribution in [0.4, 0.5) is 10.1 Å². The highest BCUT2D eigenvalue weighted by molar-refractivity contribution is 6.03. The Bertz CT molecular complexity index is 692. The molecule has 5 nitrogen and oxygen atoms in total. The highest BCUT2D eigenvalue weighted by atomic mass is 19.1. The molecule has 104 valence electrons. The molecule has 2 aromatic rings. The van der Waals surface area contributed by atoms with Crippen LogP contribution >= 0.6 is 0 Å². The van der Waals surface area contributed by atoms with Crippen molar-refractivity contribution in [2.24, 2.45) is 7.05 Å². The summed E-state index contributed by atoms with van der Waals surface area (Å²) in [6.45, 7) is 1.86.